The van der Waals surface area contributed by atoms with Crippen molar-refractivity contribution >= 4 is 17.3 Å². The summed E-state index contributed by atoms with van der Waals surface area (Å²) >= 11 is 0. The number of ether oxygens (including phenoxy) is 1. The Kier molecular flexibility index (Phi) is 4.49. The average Bonchev–Trinajstić information content (AvgIpc) is 2.73. The Hall–Kier alpha value is -1.91. The maximum absolute atomic E-state index is 11.4. The lowest BCUT2D eigenvalue weighted by Gasteiger charge is -2.15. The number of hydrogen-bond acceptors (Lipinski definition) is 4. The van der Waals surface area contributed by atoms with Crippen LogP contribution in [-0.2, 0) is 4.79 Å². The SMILES string of the molecule is Nc1cc(N)cc(OCCCCN2CCCC2=O)c1. The van der Waals surface area contributed by atoms with Crippen molar-refractivity contribution in [2.75, 3.05) is 31.2 Å². The number of nitrogens with zero attached hydrogens (tertiary/aromatic N) is 1. The van der Waals surface area contributed by atoms with Crippen molar-refractivity contribution < 1.29 is 9.53 Å². The Bertz CT molecular complexity index is 428. The van der Waals surface area contributed by atoms with Crippen LogP contribution in [0.1, 0.15) is 25.7 Å². The quantitative estimate of drug-likeness (QED) is 0.603. The van der Waals surface area contributed by atoms with E-state index in [9.17, 15) is 4.79 Å². The lowest BCUT2D eigenvalue weighted by Crippen LogP contribution is -2.25. The third-order valence-electron chi connectivity index (χ3n) is 3.21. The molecule has 0 aliphatic carbocycles. The minimum atomic E-state index is 0.282. The molecule has 5 heteroatoms. The molecule has 0 saturated carbocycles. The maximum Gasteiger partial charge on any atom is 0.222 e. The van der Waals surface area contributed by atoms with Gasteiger partial charge in [0.15, 0.2) is 0 Å². The van der Waals surface area contributed by atoms with E-state index in [0.717, 1.165) is 32.4 Å². The van der Waals surface area contributed by atoms with Crippen molar-refractivity contribution in [1.82, 2.24) is 4.90 Å². The average molecular weight is 263 g/mol. The molecule has 1 heterocycles. The van der Waals surface area contributed by atoms with Gasteiger partial charge in [-0.15, -0.1) is 0 Å². The van der Waals surface area contributed by atoms with E-state index in [-0.39, 0.29) is 5.91 Å². The molecule has 0 atom stereocenters. The van der Waals surface area contributed by atoms with Gasteiger partial charge >= 0.3 is 0 Å². The zero-order chi connectivity index (χ0) is 13.7. The summed E-state index contributed by atoms with van der Waals surface area (Å²) in [6.45, 7) is 2.36. The van der Waals surface area contributed by atoms with E-state index < -0.39 is 0 Å². The first-order valence-corrected chi connectivity index (χ1v) is 6.72. The van der Waals surface area contributed by atoms with E-state index in [1.807, 2.05) is 4.90 Å². The number of nitrogen functional groups attached to an aromatic ring is 2. The van der Waals surface area contributed by atoms with E-state index >= 15 is 0 Å². The molecule has 4 N–H and O–H groups in total. The molecule has 1 fully saturated rings. The minimum absolute atomic E-state index is 0.282. The number of carbonyl (C=O) groups excluding carboxylic acids is 1. The van der Waals surface area contributed by atoms with Crippen molar-refractivity contribution in [3.8, 4) is 5.75 Å². The highest BCUT2D eigenvalue weighted by molar-refractivity contribution is 5.77. The zero-order valence-electron chi connectivity index (χ0n) is 11.1. The van der Waals surface area contributed by atoms with Crippen LogP contribution in [0.15, 0.2) is 18.2 Å². The first kappa shape index (κ1) is 13.5. The molecule has 19 heavy (non-hydrogen) atoms. The van der Waals surface area contributed by atoms with Gasteiger partial charge in [-0.1, -0.05) is 0 Å². The van der Waals surface area contributed by atoms with Crippen LogP contribution in [0.3, 0.4) is 0 Å². The van der Waals surface area contributed by atoms with Gasteiger partial charge in [0.25, 0.3) is 0 Å². The Labute approximate surface area is 113 Å². The summed E-state index contributed by atoms with van der Waals surface area (Å²) in [5.74, 6) is 0.985. The highest BCUT2D eigenvalue weighted by Crippen LogP contribution is 2.20. The highest BCUT2D eigenvalue weighted by Gasteiger charge is 2.18. The number of amides is 1. The predicted octanol–water partition coefficient (Wildman–Crippen LogP) is 1.63. The van der Waals surface area contributed by atoms with Gasteiger partial charge < -0.3 is 21.1 Å². The first-order valence-electron chi connectivity index (χ1n) is 6.72. The molecule has 1 amide bonds. The standard InChI is InChI=1S/C14H21N3O2/c15-11-8-12(16)10-13(9-11)19-7-2-1-5-17-6-3-4-14(17)18/h8-10H,1-7,15-16H2. The van der Waals surface area contributed by atoms with Crippen LogP contribution in [0.25, 0.3) is 0 Å². The summed E-state index contributed by atoms with van der Waals surface area (Å²) in [5.41, 5.74) is 12.6. The molecule has 104 valence electrons. The molecule has 1 aliphatic heterocycles. The molecule has 0 unspecified atom stereocenters. The summed E-state index contributed by atoms with van der Waals surface area (Å²) in [6.07, 6.45) is 3.58. The molecule has 1 saturated heterocycles. The predicted molar refractivity (Wildman–Crippen MR) is 75.8 cm³/mol. The Morgan fingerprint density at radius 3 is 2.53 bits per heavy atom. The molecule has 1 aliphatic rings. The lowest BCUT2D eigenvalue weighted by molar-refractivity contribution is -0.127. The molecular weight excluding hydrogens is 242 g/mol. The fourth-order valence-electron chi connectivity index (χ4n) is 2.26. The van der Waals surface area contributed by atoms with Crippen molar-refractivity contribution in [2.45, 2.75) is 25.7 Å². The lowest BCUT2D eigenvalue weighted by atomic mass is 10.2. The van der Waals surface area contributed by atoms with Gasteiger partial charge in [-0.05, 0) is 25.3 Å². The van der Waals surface area contributed by atoms with E-state index in [1.165, 1.54) is 0 Å². The Balaban J connectivity index is 1.65. The first-order chi connectivity index (χ1) is 9.15. The largest absolute Gasteiger partial charge is 0.493 e. The summed E-state index contributed by atoms with van der Waals surface area (Å²) in [6, 6.07) is 5.23. The normalized spacial score (nSPS) is 14.9. The number of nitrogens with two attached hydrogens (primary N) is 2. The van der Waals surface area contributed by atoms with Gasteiger partial charge in [0, 0.05) is 43.0 Å². The summed E-state index contributed by atoms with van der Waals surface area (Å²) in [5, 5.41) is 0. The second kappa shape index (κ2) is 6.31. The molecule has 2 rings (SSSR count). The molecule has 1 aromatic carbocycles. The van der Waals surface area contributed by atoms with E-state index in [2.05, 4.69) is 0 Å². The van der Waals surface area contributed by atoms with Gasteiger partial charge in [-0.3, -0.25) is 4.79 Å². The van der Waals surface area contributed by atoms with Crippen molar-refractivity contribution in [3.05, 3.63) is 18.2 Å². The smallest absolute Gasteiger partial charge is 0.222 e. The van der Waals surface area contributed by atoms with E-state index in [4.69, 9.17) is 16.2 Å². The second-order valence-electron chi connectivity index (χ2n) is 4.88. The summed E-state index contributed by atoms with van der Waals surface area (Å²) < 4.78 is 5.60. The summed E-state index contributed by atoms with van der Waals surface area (Å²) in [4.78, 5) is 13.3. The third kappa shape index (κ3) is 4.05. The van der Waals surface area contributed by atoms with Crippen LogP contribution >= 0.6 is 0 Å². The topological polar surface area (TPSA) is 81.6 Å². The van der Waals surface area contributed by atoms with Crippen LogP contribution in [0, 0.1) is 0 Å². The molecule has 0 radical (unpaired) electrons. The minimum Gasteiger partial charge on any atom is -0.493 e. The molecule has 1 aromatic rings. The van der Waals surface area contributed by atoms with Crippen LogP contribution in [0.5, 0.6) is 5.75 Å². The van der Waals surface area contributed by atoms with Crippen molar-refractivity contribution in [3.63, 3.8) is 0 Å². The Morgan fingerprint density at radius 2 is 1.89 bits per heavy atom. The van der Waals surface area contributed by atoms with Gasteiger partial charge in [-0.25, -0.2) is 0 Å². The van der Waals surface area contributed by atoms with Gasteiger partial charge in [0.05, 0.1) is 6.61 Å². The second-order valence-corrected chi connectivity index (χ2v) is 4.88. The van der Waals surface area contributed by atoms with Gasteiger partial charge in [0.2, 0.25) is 5.91 Å². The fourth-order valence-corrected chi connectivity index (χ4v) is 2.26. The maximum atomic E-state index is 11.4. The molecular formula is C14H21N3O2. The van der Waals surface area contributed by atoms with Crippen molar-refractivity contribution in [1.29, 1.82) is 0 Å². The number of rotatable bonds is 6. The van der Waals surface area contributed by atoms with Crippen molar-refractivity contribution in [2.24, 2.45) is 0 Å². The molecule has 5 nitrogen and oxygen atoms in total. The number of unbranched alkanes of at least 4 members (excludes halogenated alkanes) is 1. The molecule has 0 spiro atoms. The van der Waals surface area contributed by atoms with Gasteiger partial charge in [0.1, 0.15) is 5.75 Å². The van der Waals surface area contributed by atoms with Gasteiger partial charge in [-0.2, -0.15) is 0 Å². The monoisotopic (exact) mass is 263 g/mol. The van der Waals surface area contributed by atoms with Crippen LogP contribution in [0.2, 0.25) is 0 Å². The zero-order valence-corrected chi connectivity index (χ0v) is 11.1. The fraction of sp³-hybridized carbons (Fsp3) is 0.500. The highest BCUT2D eigenvalue weighted by atomic mass is 16.5. The number of likely N-dealkylation sites (tertiary alicyclic amines) is 1. The number of anilines is 2. The van der Waals surface area contributed by atoms with Crippen LogP contribution < -0.4 is 16.2 Å². The molecule has 0 aromatic heterocycles. The van der Waals surface area contributed by atoms with E-state index in [1.54, 1.807) is 18.2 Å². The van der Waals surface area contributed by atoms with Crippen LogP contribution in [-0.4, -0.2) is 30.5 Å². The van der Waals surface area contributed by atoms with E-state index in [0.29, 0.717) is 30.2 Å². The molecule has 0 bridgehead atoms. The summed E-state index contributed by atoms with van der Waals surface area (Å²) in [7, 11) is 0. The number of hydrogen-bond donors (Lipinski definition) is 2. The van der Waals surface area contributed by atoms with Crippen LogP contribution in [0.4, 0.5) is 11.4 Å². The number of carbonyl (C=O) groups is 1. The Morgan fingerprint density at radius 1 is 1.16 bits per heavy atom. The number of benzene rings is 1. The third-order valence-corrected chi connectivity index (χ3v) is 3.21.